The Morgan fingerprint density at radius 2 is 2.25 bits per heavy atom. The van der Waals surface area contributed by atoms with Crippen molar-refractivity contribution in [1.29, 1.82) is 0 Å². The molecule has 3 nitrogen and oxygen atoms in total. The van der Waals surface area contributed by atoms with Crippen LogP contribution >= 0.6 is 11.6 Å². The Bertz CT molecular complexity index is 406. The Kier molecular flexibility index (Phi) is 3.38. The summed E-state index contributed by atoms with van der Waals surface area (Å²) in [5.41, 5.74) is 6.08. The summed E-state index contributed by atoms with van der Waals surface area (Å²) in [5, 5.41) is 0.810. The molecule has 0 saturated heterocycles. The topological polar surface area (TPSA) is 47.3 Å². The highest BCUT2D eigenvalue weighted by atomic mass is 35.5. The van der Waals surface area contributed by atoms with Gasteiger partial charge < -0.3 is 4.74 Å². The Morgan fingerprint density at radius 3 is 2.94 bits per heavy atom. The molecule has 1 aromatic rings. The van der Waals surface area contributed by atoms with Crippen LogP contribution < -0.4 is 16.0 Å². The molecular weight excluding hydrogens is 224 g/mol. The lowest BCUT2D eigenvalue weighted by Gasteiger charge is -2.20. The smallest absolute Gasteiger partial charge is 0.124 e. The number of hydrogen-bond acceptors (Lipinski definition) is 3. The minimum atomic E-state index is 0.135. The van der Waals surface area contributed by atoms with Crippen molar-refractivity contribution in [2.45, 2.75) is 32.7 Å². The molecule has 16 heavy (non-hydrogen) atoms. The second kappa shape index (κ2) is 4.62. The van der Waals surface area contributed by atoms with Crippen LogP contribution in [-0.2, 0) is 0 Å². The average molecular weight is 241 g/mol. The summed E-state index contributed by atoms with van der Waals surface area (Å²) in [4.78, 5) is 0. The van der Waals surface area contributed by atoms with E-state index < -0.39 is 0 Å². The van der Waals surface area contributed by atoms with Crippen molar-refractivity contribution in [2.75, 3.05) is 6.61 Å². The maximum absolute atomic E-state index is 6.27. The molecule has 0 radical (unpaired) electrons. The number of benzene rings is 1. The summed E-state index contributed by atoms with van der Waals surface area (Å²) in [5.74, 6) is 6.51. The van der Waals surface area contributed by atoms with Gasteiger partial charge in [0.05, 0.1) is 12.6 Å². The molecule has 1 unspecified atom stereocenters. The normalized spacial score (nSPS) is 19.9. The zero-order valence-corrected chi connectivity index (χ0v) is 10.4. The highest BCUT2D eigenvalue weighted by molar-refractivity contribution is 6.32. The molecule has 0 amide bonds. The predicted molar refractivity (Wildman–Crippen MR) is 65.7 cm³/mol. The number of fused-ring (bicyclic) bond motifs is 1. The van der Waals surface area contributed by atoms with E-state index in [9.17, 15) is 0 Å². The number of nitrogens with one attached hydrogen (secondary N) is 1. The molecule has 1 heterocycles. The van der Waals surface area contributed by atoms with E-state index in [0.717, 1.165) is 46.9 Å². The second-order valence-corrected chi connectivity index (χ2v) is 4.63. The van der Waals surface area contributed by atoms with Crippen LogP contribution in [0.1, 0.15) is 35.6 Å². The van der Waals surface area contributed by atoms with Crippen LogP contribution in [0.2, 0.25) is 5.02 Å². The van der Waals surface area contributed by atoms with Crippen molar-refractivity contribution >= 4 is 11.6 Å². The van der Waals surface area contributed by atoms with Crippen molar-refractivity contribution in [3.8, 4) is 5.75 Å². The van der Waals surface area contributed by atoms with E-state index in [1.54, 1.807) is 0 Å². The lowest BCUT2D eigenvalue weighted by atomic mass is 9.96. The van der Waals surface area contributed by atoms with E-state index in [2.05, 4.69) is 5.43 Å². The molecular formula is C12H17ClN2O. The molecule has 0 saturated carbocycles. The highest BCUT2D eigenvalue weighted by Crippen LogP contribution is 2.38. The molecule has 1 aliphatic heterocycles. The zero-order chi connectivity index (χ0) is 11.7. The van der Waals surface area contributed by atoms with Gasteiger partial charge in [-0.05, 0) is 43.9 Å². The number of hydrazine groups is 1. The van der Waals surface area contributed by atoms with Crippen molar-refractivity contribution in [3.05, 3.63) is 27.8 Å². The SMILES string of the molecule is Cc1cc2c(c(C)c1Cl)C(NN)CCCO2. The molecule has 1 aromatic carbocycles. The maximum atomic E-state index is 6.27. The average Bonchev–Trinajstić information content (AvgIpc) is 2.48. The van der Waals surface area contributed by atoms with Crippen molar-refractivity contribution in [3.63, 3.8) is 0 Å². The van der Waals surface area contributed by atoms with Crippen molar-refractivity contribution < 1.29 is 4.74 Å². The largest absolute Gasteiger partial charge is 0.493 e. The number of rotatable bonds is 1. The van der Waals surface area contributed by atoms with Crippen LogP contribution in [0.5, 0.6) is 5.75 Å². The molecule has 0 aliphatic carbocycles. The van der Waals surface area contributed by atoms with Crippen LogP contribution in [0.15, 0.2) is 6.07 Å². The van der Waals surface area contributed by atoms with E-state index in [0.29, 0.717) is 0 Å². The standard InChI is InChI=1S/C12H17ClN2O/c1-7-6-10-11(8(2)12(7)13)9(15-14)4-3-5-16-10/h6,9,15H,3-5,14H2,1-2H3. The van der Waals surface area contributed by atoms with Gasteiger partial charge in [0.25, 0.3) is 0 Å². The number of ether oxygens (including phenoxy) is 1. The number of halogens is 1. The van der Waals surface area contributed by atoms with Gasteiger partial charge in [0, 0.05) is 10.6 Å². The molecule has 2 rings (SSSR count). The van der Waals surface area contributed by atoms with Gasteiger partial charge in [0.1, 0.15) is 5.75 Å². The fourth-order valence-corrected chi connectivity index (χ4v) is 2.43. The molecule has 0 aromatic heterocycles. The third-order valence-electron chi connectivity index (χ3n) is 3.14. The minimum absolute atomic E-state index is 0.135. The number of hydrogen-bond donors (Lipinski definition) is 2. The van der Waals surface area contributed by atoms with E-state index >= 15 is 0 Å². The molecule has 3 N–H and O–H groups in total. The first-order valence-corrected chi connectivity index (χ1v) is 5.91. The third-order valence-corrected chi connectivity index (χ3v) is 3.72. The predicted octanol–water partition coefficient (Wildman–Crippen LogP) is 2.63. The fourth-order valence-electron chi connectivity index (χ4n) is 2.27. The van der Waals surface area contributed by atoms with Crippen LogP contribution in [-0.4, -0.2) is 6.61 Å². The molecule has 4 heteroatoms. The van der Waals surface area contributed by atoms with Gasteiger partial charge >= 0.3 is 0 Å². The second-order valence-electron chi connectivity index (χ2n) is 4.25. The lowest BCUT2D eigenvalue weighted by Crippen LogP contribution is -2.28. The lowest BCUT2D eigenvalue weighted by molar-refractivity contribution is 0.315. The first-order valence-electron chi connectivity index (χ1n) is 5.53. The Labute approximate surface area is 101 Å². The Balaban J connectivity index is 2.58. The van der Waals surface area contributed by atoms with E-state index in [-0.39, 0.29) is 6.04 Å². The monoisotopic (exact) mass is 240 g/mol. The summed E-state index contributed by atoms with van der Waals surface area (Å²) >= 11 is 6.27. The van der Waals surface area contributed by atoms with Gasteiger partial charge in [-0.2, -0.15) is 0 Å². The third kappa shape index (κ3) is 1.90. The van der Waals surface area contributed by atoms with Gasteiger partial charge in [-0.3, -0.25) is 11.3 Å². The summed E-state index contributed by atoms with van der Waals surface area (Å²) in [7, 11) is 0. The van der Waals surface area contributed by atoms with Crippen LogP contribution in [0.4, 0.5) is 0 Å². The first-order chi connectivity index (χ1) is 7.65. The molecule has 1 atom stereocenters. The molecule has 88 valence electrons. The zero-order valence-electron chi connectivity index (χ0n) is 9.64. The van der Waals surface area contributed by atoms with Gasteiger partial charge in [0.2, 0.25) is 0 Å². The molecule has 1 aliphatic rings. The molecule has 0 fully saturated rings. The summed E-state index contributed by atoms with van der Waals surface area (Å²) in [6.45, 7) is 4.76. The summed E-state index contributed by atoms with van der Waals surface area (Å²) in [6, 6.07) is 2.14. The number of aryl methyl sites for hydroxylation is 1. The van der Waals surface area contributed by atoms with Gasteiger partial charge in [-0.15, -0.1) is 0 Å². The minimum Gasteiger partial charge on any atom is -0.493 e. The van der Waals surface area contributed by atoms with Gasteiger partial charge in [-0.25, -0.2) is 0 Å². The van der Waals surface area contributed by atoms with E-state index in [4.69, 9.17) is 22.2 Å². The van der Waals surface area contributed by atoms with E-state index in [1.807, 2.05) is 19.9 Å². The van der Waals surface area contributed by atoms with Gasteiger partial charge in [-0.1, -0.05) is 11.6 Å². The van der Waals surface area contributed by atoms with Crippen molar-refractivity contribution in [2.24, 2.45) is 5.84 Å². The quantitative estimate of drug-likeness (QED) is 0.586. The van der Waals surface area contributed by atoms with Crippen LogP contribution in [0, 0.1) is 13.8 Å². The molecule has 0 bridgehead atoms. The summed E-state index contributed by atoms with van der Waals surface area (Å²) in [6.07, 6.45) is 1.98. The van der Waals surface area contributed by atoms with Crippen LogP contribution in [0.25, 0.3) is 0 Å². The van der Waals surface area contributed by atoms with E-state index in [1.165, 1.54) is 0 Å². The van der Waals surface area contributed by atoms with Crippen LogP contribution in [0.3, 0.4) is 0 Å². The highest BCUT2D eigenvalue weighted by Gasteiger charge is 2.23. The molecule has 0 spiro atoms. The Hall–Kier alpha value is -0.770. The first kappa shape index (κ1) is 11.7. The Morgan fingerprint density at radius 1 is 1.50 bits per heavy atom. The number of nitrogens with two attached hydrogens (primary N) is 1. The maximum Gasteiger partial charge on any atom is 0.124 e. The summed E-state index contributed by atoms with van der Waals surface area (Å²) < 4.78 is 5.74. The van der Waals surface area contributed by atoms with Gasteiger partial charge in [0.15, 0.2) is 0 Å². The fraction of sp³-hybridized carbons (Fsp3) is 0.500. The van der Waals surface area contributed by atoms with Crippen molar-refractivity contribution in [1.82, 2.24) is 5.43 Å².